The zero-order valence-electron chi connectivity index (χ0n) is 12.3. The lowest BCUT2D eigenvalue weighted by atomic mass is 10.1. The fourth-order valence-corrected chi connectivity index (χ4v) is 2.43. The van der Waals surface area contributed by atoms with Crippen LogP contribution in [0.1, 0.15) is 36.2 Å². The van der Waals surface area contributed by atoms with E-state index in [1.165, 1.54) is 4.90 Å². The van der Waals surface area contributed by atoms with Crippen molar-refractivity contribution < 1.29 is 14.4 Å². The first-order valence-electron chi connectivity index (χ1n) is 6.84. The van der Waals surface area contributed by atoms with Gasteiger partial charge in [0.25, 0.3) is 11.8 Å². The molecule has 1 aliphatic rings. The van der Waals surface area contributed by atoms with Crippen molar-refractivity contribution in [1.82, 2.24) is 10.2 Å². The number of benzene rings is 1. The summed E-state index contributed by atoms with van der Waals surface area (Å²) in [4.78, 5) is 37.4. The predicted octanol–water partition coefficient (Wildman–Crippen LogP) is 0.843. The molecule has 2 rings (SSSR count). The summed E-state index contributed by atoms with van der Waals surface area (Å²) in [6.07, 6.45) is 0.00408. The third-order valence-electron chi connectivity index (χ3n) is 3.51. The molecule has 3 amide bonds. The van der Waals surface area contributed by atoms with Gasteiger partial charge in [-0.3, -0.25) is 19.3 Å². The van der Waals surface area contributed by atoms with Crippen LogP contribution in [-0.2, 0) is 9.59 Å². The van der Waals surface area contributed by atoms with Gasteiger partial charge < -0.3 is 11.1 Å². The Balaban J connectivity index is 2.16. The number of hydrogen-bond donors (Lipinski definition) is 2. The molecule has 1 unspecified atom stereocenters. The van der Waals surface area contributed by atoms with Gasteiger partial charge in [-0.15, -0.1) is 0 Å². The summed E-state index contributed by atoms with van der Waals surface area (Å²) in [5, 5.41) is 2.62. The van der Waals surface area contributed by atoms with Crippen LogP contribution >= 0.6 is 0 Å². The second-order valence-corrected chi connectivity index (χ2v) is 5.50. The summed E-state index contributed by atoms with van der Waals surface area (Å²) in [7, 11) is 0. The van der Waals surface area contributed by atoms with Crippen LogP contribution < -0.4 is 11.1 Å². The molecule has 1 aromatic rings. The van der Waals surface area contributed by atoms with Gasteiger partial charge in [-0.1, -0.05) is 6.07 Å². The lowest BCUT2D eigenvalue weighted by Gasteiger charge is -2.19. The molecule has 21 heavy (non-hydrogen) atoms. The van der Waals surface area contributed by atoms with E-state index in [-0.39, 0.29) is 24.3 Å². The van der Waals surface area contributed by atoms with E-state index in [9.17, 15) is 14.4 Å². The SMILES string of the molecule is Cc1ccc(N)cc1C(=O)NC1CC(=O)N(C(C)C)C1=O. The molecule has 112 valence electrons. The quantitative estimate of drug-likeness (QED) is 0.637. The normalized spacial score (nSPS) is 18.5. The van der Waals surface area contributed by atoms with Crippen LogP contribution in [0.3, 0.4) is 0 Å². The maximum Gasteiger partial charge on any atom is 0.252 e. The van der Waals surface area contributed by atoms with Gasteiger partial charge in [0.2, 0.25) is 5.91 Å². The van der Waals surface area contributed by atoms with Gasteiger partial charge >= 0.3 is 0 Å². The molecule has 6 heteroatoms. The van der Waals surface area contributed by atoms with Gasteiger partial charge in [-0.25, -0.2) is 0 Å². The lowest BCUT2D eigenvalue weighted by Crippen LogP contribution is -2.44. The van der Waals surface area contributed by atoms with Gasteiger partial charge in [0, 0.05) is 17.3 Å². The van der Waals surface area contributed by atoms with E-state index in [2.05, 4.69) is 5.32 Å². The van der Waals surface area contributed by atoms with Crippen LogP contribution in [0.25, 0.3) is 0 Å². The number of nitrogens with one attached hydrogen (secondary N) is 1. The number of aryl methyl sites for hydroxylation is 1. The Labute approximate surface area is 123 Å². The molecule has 0 saturated carbocycles. The number of imide groups is 1. The van der Waals surface area contributed by atoms with Crippen LogP contribution in [0.5, 0.6) is 0 Å². The minimum atomic E-state index is -0.798. The van der Waals surface area contributed by atoms with Gasteiger partial charge in [-0.05, 0) is 38.5 Å². The largest absolute Gasteiger partial charge is 0.399 e. The van der Waals surface area contributed by atoms with Gasteiger partial charge in [-0.2, -0.15) is 0 Å². The summed E-state index contributed by atoms with van der Waals surface area (Å²) in [5.41, 5.74) is 7.33. The highest BCUT2D eigenvalue weighted by Gasteiger charge is 2.40. The highest BCUT2D eigenvalue weighted by atomic mass is 16.2. The number of nitrogens with zero attached hydrogens (tertiary/aromatic N) is 1. The number of rotatable bonds is 3. The zero-order valence-corrected chi connectivity index (χ0v) is 12.3. The molecule has 0 bridgehead atoms. The third-order valence-corrected chi connectivity index (χ3v) is 3.51. The molecule has 1 saturated heterocycles. The third kappa shape index (κ3) is 2.89. The molecule has 1 aromatic carbocycles. The Morgan fingerprint density at radius 1 is 1.38 bits per heavy atom. The van der Waals surface area contributed by atoms with E-state index in [4.69, 9.17) is 5.73 Å². The van der Waals surface area contributed by atoms with Crippen molar-refractivity contribution in [3.63, 3.8) is 0 Å². The first-order valence-corrected chi connectivity index (χ1v) is 6.84. The molecular weight excluding hydrogens is 270 g/mol. The zero-order chi connectivity index (χ0) is 15.7. The predicted molar refractivity (Wildman–Crippen MR) is 78.5 cm³/mol. The molecule has 1 aliphatic heterocycles. The standard InChI is InChI=1S/C15H19N3O3/c1-8(2)18-13(19)7-12(15(18)21)17-14(20)11-6-10(16)5-4-9(11)3/h4-6,8,12H,7,16H2,1-3H3,(H,17,20). The molecular formula is C15H19N3O3. The van der Waals surface area contributed by atoms with E-state index in [0.717, 1.165) is 5.56 Å². The van der Waals surface area contributed by atoms with E-state index in [0.29, 0.717) is 11.3 Å². The molecule has 0 aromatic heterocycles. The summed E-state index contributed by atoms with van der Waals surface area (Å²) in [6.45, 7) is 5.32. The summed E-state index contributed by atoms with van der Waals surface area (Å²) in [6, 6.07) is 4.00. The first-order chi connectivity index (χ1) is 9.81. The minimum absolute atomic E-state index is 0.00408. The Bertz CT molecular complexity index is 610. The molecule has 1 fully saturated rings. The summed E-state index contributed by atoms with van der Waals surface area (Å²) >= 11 is 0. The van der Waals surface area contributed by atoms with Crippen molar-refractivity contribution in [2.24, 2.45) is 0 Å². The highest BCUT2D eigenvalue weighted by molar-refractivity contribution is 6.08. The second-order valence-electron chi connectivity index (χ2n) is 5.50. The van der Waals surface area contributed by atoms with E-state index < -0.39 is 11.9 Å². The maximum absolute atomic E-state index is 12.3. The molecule has 6 nitrogen and oxygen atoms in total. The topological polar surface area (TPSA) is 92.5 Å². The van der Waals surface area contributed by atoms with Crippen LogP contribution in [0, 0.1) is 6.92 Å². The summed E-state index contributed by atoms with van der Waals surface area (Å²) < 4.78 is 0. The fourth-order valence-electron chi connectivity index (χ4n) is 2.43. The minimum Gasteiger partial charge on any atom is -0.399 e. The van der Waals surface area contributed by atoms with E-state index in [1.54, 1.807) is 39.0 Å². The van der Waals surface area contributed by atoms with Gasteiger partial charge in [0.05, 0.1) is 6.42 Å². The number of anilines is 1. The number of nitrogen functional groups attached to an aromatic ring is 1. The molecule has 3 N–H and O–H groups in total. The number of likely N-dealkylation sites (tertiary alicyclic amines) is 1. The average Bonchev–Trinajstić information content (AvgIpc) is 2.67. The van der Waals surface area contributed by atoms with Gasteiger partial charge in [0.1, 0.15) is 6.04 Å². The maximum atomic E-state index is 12.3. The van der Waals surface area contributed by atoms with E-state index in [1.807, 2.05) is 0 Å². The molecule has 0 aliphatic carbocycles. The van der Waals surface area contributed by atoms with Gasteiger partial charge in [0.15, 0.2) is 0 Å². The highest BCUT2D eigenvalue weighted by Crippen LogP contribution is 2.18. The van der Waals surface area contributed by atoms with Crippen molar-refractivity contribution in [3.8, 4) is 0 Å². The monoisotopic (exact) mass is 289 g/mol. The van der Waals surface area contributed by atoms with Crippen LogP contribution in [0.2, 0.25) is 0 Å². The average molecular weight is 289 g/mol. The Kier molecular flexibility index (Phi) is 3.97. The smallest absolute Gasteiger partial charge is 0.252 e. The van der Waals surface area contributed by atoms with Crippen molar-refractivity contribution in [3.05, 3.63) is 29.3 Å². The molecule has 1 atom stereocenters. The Hall–Kier alpha value is -2.37. The number of amides is 3. The van der Waals surface area contributed by atoms with Crippen LogP contribution in [0.4, 0.5) is 5.69 Å². The van der Waals surface area contributed by atoms with E-state index >= 15 is 0 Å². The first kappa shape index (κ1) is 15.0. The second kappa shape index (κ2) is 5.55. The fraction of sp³-hybridized carbons (Fsp3) is 0.400. The number of nitrogens with two attached hydrogens (primary N) is 1. The van der Waals surface area contributed by atoms with Crippen molar-refractivity contribution in [2.75, 3.05) is 5.73 Å². The van der Waals surface area contributed by atoms with Crippen molar-refractivity contribution in [1.29, 1.82) is 0 Å². The van der Waals surface area contributed by atoms with Crippen LogP contribution in [-0.4, -0.2) is 34.7 Å². The number of carbonyl (C=O) groups is 3. The summed E-state index contributed by atoms with van der Waals surface area (Å²) in [5.74, 6) is -1.01. The molecule has 0 spiro atoms. The van der Waals surface area contributed by atoms with Crippen molar-refractivity contribution >= 4 is 23.4 Å². The number of hydrogen-bond acceptors (Lipinski definition) is 4. The van der Waals surface area contributed by atoms with Crippen LogP contribution in [0.15, 0.2) is 18.2 Å². The molecule has 1 heterocycles. The molecule has 0 radical (unpaired) electrons. The van der Waals surface area contributed by atoms with Crippen molar-refractivity contribution in [2.45, 2.75) is 39.3 Å². The lowest BCUT2D eigenvalue weighted by molar-refractivity contribution is -0.140. The Morgan fingerprint density at radius 2 is 2.05 bits per heavy atom. The Morgan fingerprint density at radius 3 is 2.62 bits per heavy atom. The number of carbonyl (C=O) groups excluding carboxylic acids is 3.